The van der Waals surface area contributed by atoms with Crippen molar-refractivity contribution in [3.63, 3.8) is 0 Å². The molecule has 0 unspecified atom stereocenters. The van der Waals surface area contributed by atoms with Crippen molar-refractivity contribution in [3.8, 4) is 5.75 Å². The topological polar surface area (TPSA) is 93.7 Å². The number of hydrogen-bond donors (Lipinski definition) is 2. The van der Waals surface area contributed by atoms with Gasteiger partial charge < -0.3 is 9.47 Å². The lowest BCUT2D eigenvalue weighted by Crippen LogP contribution is -2.42. The van der Waals surface area contributed by atoms with Gasteiger partial charge in [-0.3, -0.25) is 25.2 Å². The van der Waals surface area contributed by atoms with Gasteiger partial charge in [0.05, 0.1) is 19.3 Å². The number of rotatable bonds is 6. The summed E-state index contributed by atoms with van der Waals surface area (Å²) in [6.07, 6.45) is 0.344. The molecule has 0 atom stereocenters. The van der Waals surface area contributed by atoms with Crippen molar-refractivity contribution in [2.75, 3.05) is 13.7 Å². The molecule has 0 aromatic heterocycles. The minimum Gasteiger partial charge on any atom is -0.493 e. The number of ether oxygens (including phenoxy) is 2. The third kappa shape index (κ3) is 5.52. The minimum absolute atomic E-state index is 0.296. The predicted octanol–water partition coefficient (Wildman–Crippen LogP) is 0.799. The molecule has 0 radical (unpaired) electrons. The quantitative estimate of drug-likeness (QED) is 0.460. The summed E-state index contributed by atoms with van der Waals surface area (Å²) < 4.78 is 9.79. The summed E-state index contributed by atoms with van der Waals surface area (Å²) in [5.41, 5.74) is 4.65. The van der Waals surface area contributed by atoms with Crippen molar-refractivity contribution in [2.24, 2.45) is 0 Å². The Balaban J connectivity index is 2.59. The first kappa shape index (κ1) is 16.5. The van der Waals surface area contributed by atoms with Gasteiger partial charge in [-0.25, -0.2) is 0 Å². The van der Waals surface area contributed by atoms with Crippen LogP contribution in [0.5, 0.6) is 5.75 Å². The van der Waals surface area contributed by atoms with Crippen LogP contribution in [0, 0.1) is 0 Å². The Labute approximate surface area is 122 Å². The van der Waals surface area contributed by atoms with Crippen molar-refractivity contribution in [1.82, 2.24) is 10.9 Å². The summed E-state index contributed by atoms with van der Waals surface area (Å²) in [5, 5.41) is 0. The summed E-state index contributed by atoms with van der Waals surface area (Å²) in [7, 11) is 1.18. The Hall–Kier alpha value is -2.57. The Kier molecular flexibility index (Phi) is 6.73. The van der Waals surface area contributed by atoms with Crippen LogP contribution in [0.1, 0.15) is 30.1 Å². The van der Waals surface area contributed by atoms with E-state index < -0.39 is 24.2 Å². The van der Waals surface area contributed by atoms with E-state index in [2.05, 4.69) is 15.6 Å². The SMILES string of the molecule is CCCOc1ccccc1C(=O)NNC(=O)CC(=O)OC. The second kappa shape index (κ2) is 8.57. The van der Waals surface area contributed by atoms with Crippen molar-refractivity contribution < 1.29 is 23.9 Å². The van der Waals surface area contributed by atoms with Crippen molar-refractivity contribution in [3.05, 3.63) is 29.8 Å². The molecule has 0 spiro atoms. The highest BCUT2D eigenvalue weighted by Crippen LogP contribution is 2.17. The van der Waals surface area contributed by atoms with Gasteiger partial charge in [0, 0.05) is 0 Å². The Morgan fingerprint density at radius 3 is 2.52 bits per heavy atom. The van der Waals surface area contributed by atoms with E-state index in [4.69, 9.17) is 4.74 Å². The second-order valence-corrected chi connectivity index (χ2v) is 4.10. The Morgan fingerprint density at radius 2 is 1.86 bits per heavy atom. The molecular weight excluding hydrogens is 276 g/mol. The maximum atomic E-state index is 12.0. The number of hydrazine groups is 1. The highest BCUT2D eigenvalue weighted by molar-refractivity contribution is 5.99. The molecule has 1 aromatic rings. The summed E-state index contributed by atoms with van der Waals surface area (Å²) in [4.78, 5) is 34.2. The van der Waals surface area contributed by atoms with Crippen LogP contribution < -0.4 is 15.6 Å². The van der Waals surface area contributed by atoms with E-state index in [-0.39, 0.29) is 0 Å². The van der Waals surface area contributed by atoms with E-state index >= 15 is 0 Å². The van der Waals surface area contributed by atoms with E-state index in [9.17, 15) is 14.4 Å². The van der Waals surface area contributed by atoms with Gasteiger partial charge >= 0.3 is 5.97 Å². The Bertz CT molecular complexity index is 516. The standard InChI is InChI=1S/C14H18N2O5/c1-3-8-21-11-7-5-4-6-10(11)14(19)16-15-12(17)9-13(18)20-2/h4-7H,3,8-9H2,1-2H3,(H,15,17)(H,16,19). The second-order valence-electron chi connectivity index (χ2n) is 4.10. The third-order valence-electron chi connectivity index (χ3n) is 2.44. The molecule has 7 nitrogen and oxygen atoms in total. The number of nitrogens with one attached hydrogen (secondary N) is 2. The molecule has 0 heterocycles. The van der Waals surface area contributed by atoms with E-state index in [1.807, 2.05) is 6.92 Å². The number of hydrogen-bond acceptors (Lipinski definition) is 5. The molecule has 0 saturated heterocycles. The molecule has 0 aliphatic carbocycles. The third-order valence-corrected chi connectivity index (χ3v) is 2.44. The van der Waals surface area contributed by atoms with Gasteiger partial charge in [0.2, 0.25) is 5.91 Å². The van der Waals surface area contributed by atoms with Gasteiger partial charge in [-0.15, -0.1) is 0 Å². The van der Waals surface area contributed by atoms with Crippen LogP contribution >= 0.6 is 0 Å². The highest BCUT2D eigenvalue weighted by Gasteiger charge is 2.14. The van der Waals surface area contributed by atoms with Crippen LogP contribution in [0.2, 0.25) is 0 Å². The number of methoxy groups -OCH3 is 1. The maximum absolute atomic E-state index is 12.0. The lowest BCUT2D eigenvalue weighted by Gasteiger charge is -2.11. The molecule has 1 aromatic carbocycles. The van der Waals surface area contributed by atoms with Gasteiger partial charge in [-0.1, -0.05) is 19.1 Å². The summed E-state index contributed by atoms with van der Waals surface area (Å²) in [6, 6.07) is 6.68. The van der Waals surface area contributed by atoms with Gasteiger partial charge in [-0.05, 0) is 18.6 Å². The molecule has 2 N–H and O–H groups in total. The number of carbonyl (C=O) groups is 3. The first-order valence-corrected chi connectivity index (χ1v) is 6.46. The van der Waals surface area contributed by atoms with Crippen molar-refractivity contribution in [1.29, 1.82) is 0 Å². The van der Waals surface area contributed by atoms with E-state index in [0.29, 0.717) is 17.9 Å². The minimum atomic E-state index is -0.687. The maximum Gasteiger partial charge on any atom is 0.315 e. The molecule has 0 fully saturated rings. The fourth-order valence-corrected chi connectivity index (χ4v) is 1.43. The van der Waals surface area contributed by atoms with Gasteiger partial charge in [0.1, 0.15) is 12.2 Å². The van der Waals surface area contributed by atoms with Crippen molar-refractivity contribution >= 4 is 17.8 Å². The molecule has 0 aliphatic rings. The number of para-hydroxylation sites is 1. The van der Waals surface area contributed by atoms with Crippen LogP contribution in [-0.4, -0.2) is 31.5 Å². The number of esters is 1. The lowest BCUT2D eigenvalue weighted by atomic mass is 10.2. The number of amides is 2. The highest BCUT2D eigenvalue weighted by atomic mass is 16.5. The van der Waals surface area contributed by atoms with Crippen LogP contribution in [0.15, 0.2) is 24.3 Å². The normalized spacial score (nSPS) is 9.62. The van der Waals surface area contributed by atoms with E-state index in [0.717, 1.165) is 6.42 Å². The molecule has 21 heavy (non-hydrogen) atoms. The summed E-state index contributed by atoms with van der Waals surface area (Å²) in [6.45, 7) is 2.44. The average molecular weight is 294 g/mol. The van der Waals surface area contributed by atoms with Crippen molar-refractivity contribution in [2.45, 2.75) is 19.8 Å². The molecule has 0 aliphatic heterocycles. The molecule has 1 rings (SSSR count). The van der Waals surface area contributed by atoms with Crippen LogP contribution in [0.4, 0.5) is 0 Å². The van der Waals surface area contributed by atoms with Crippen LogP contribution in [0.3, 0.4) is 0 Å². The first-order chi connectivity index (χ1) is 10.1. The smallest absolute Gasteiger partial charge is 0.315 e. The number of benzene rings is 1. The molecule has 0 bridgehead atoms. The first-order valence-electron chi connectivity index (χ1n) is 6.46. The molecule has 114 valence electrons. The fraction of sp³-hybridized carbons (Fsp3) is 0.357. The Morgan fingerprint density at radius 1 is 1.14 bits per heavy atom. The summed E-state index contributed by atoms with van der Waals surface area (Å²) >= 11 is 0. The van der Waals surface area contributed by atoms with E-state index in [1.54, 1.807) is 24.3 Å². The van der Waals surface area contributed by atoms with Gasteiger partial charge in [0.15, 0.2) is 0 Å². The average Bonchev–Trinajstić information content (AvgIpc) is 2.50. The largest absolute Gasteiger partial charge is 0.493 e. The zero-order valence-electron chi connectivity index (χ0n) is 12.0. The van der Waals surface area contributed by atoms with Gasteiger partial charge in [-0.2, -0.15) is 0 Å². The summed E-state index contributed by atoms with van der Waals surface area (Å²) in [5.74, 6) is -1.45. The molecule has 0 saturated carbocycles. The fourth-order valence-electron chi connectivity index (χ4n) is 1.43. The molecule has 2 amide bonds. The van der Waals surface area contributed by atoms with E-state index in [1.165, 1.54) is 7.11 Å². The van der Waals surface area contributed by atoms with Crippen LogP contribution in [0.25, 0.3) is 0 Å². The lowest BCUT2D eigenvalue weighted by molar-refractivity contribution is -0.144. The zero-order valence-corrected chi connectivity index (χ0v) is 12.0. The number of carbonyl (C=O) groups excluding carboxylic acids is 3. The predicted molar refractivity (Wildman–Crippen MR) is 74.5 cm³/mol. The monoisotopic (exact) mass is 294 g/mol. The van der Waals surface area contributed by atoms with Gasteiger partial charge in [0.25, 0.3) is 5.91 Å². The zero-order chi connectivity index (χ0) is 15.7. The molecular formula is C14H18N2O5. The van der Waals surface area contributed by atoms with Crippen LogP contribution in [-0.2, 0) is 14.3 Å². The molecule has 7 heteroatoms.